The highest BCUT2D eigenvalue weighted by atomic mass is 32.3. The number of nitrogens with one attached hydrogen (secondary N) is 1. The van der Waals surface area contributed by atoms with Crippen molar-refractivity contribution in [3.63, 3.8) is 0 Å². The Morgan fingerprint density at radius 1 is 0.929 bits per heavy atom. The van der Waals surface area contributed by atoms with Gasteiger partial charge < -0.3 is 5.11 Å². The Bertz CT molecular complexity index is 1800. The number of sulfone groups is 1. The van der Waals surface area contributed by atoms with Gasteiger partial charge in [0.2, 0.25) is 5.84 Å². The number of rotatable bonds is 13. The number of phenolic OH excluding ortho intramolecular Hbond substituents is 1. The molecular formula is C21H20N4O13S4. The summed E-state index contributed by atoms with van der Waals surface area (Å²) in [5, 5.41) is 34.0. The molecule has 0 radical (unpaired) electrons. The maximum absolute atomic E-state index is 12.4. The first-order valence-electron chi connectivity index (χ1n) is 10.9. The molecule has 226 valence electrons. The zero-order valence-corrected chi connectivity index (χ0v) is 24.0. The van der Waals surface area contributed by atoms with E-state index >= 15 is 0 Å². The second kappa shape index (κ2) is 14.1. The number of amidine groups is 1. The number of aromatic hydroxyl groups is 1. The van der Waals surface area contributed by atoms with Crippen LogP contribution < -0.4 is 5.43 Å². The van der Waals surface area contributed by atoms with E-state index in [9.17, 15) is 34.9 Å². The van der Waals surface area contributed by atoms with Crippen LogP contribution in [0.2, 0.25) is 0 Å². The van der Waals surface area contributed by atoms with Gasteiger partial charge in [0, 0.05) is 16.5 Å². The van der Waals surface area contributed by atoms with Crippen LogP contribution in [0.5, 0.6) is 5.75 Å². The molecule has 0 fully saturated rings. The molecule has 5 N–H and O–H groups in total. The van der Waals surface area contributed by atoms with E-state index in [1.807, 2.05) is 0 Å². The van der Waals surface area contributed by atoms with Crippen molar-refractivity contribution in [3.05, 3.63) is 72.3 Å². The maximum Gasteiger partial charge on any atom is 0.397 e. The zero-order chi connectivity index (χ0) is 31.0. The SMILES string of the molecule is O=S(=O)(O)OCCS(=O)(=O)c1ccc(NN=C(N=Nc2ccc(SOOO)cc2S(=O)(=O)O)c2ccccc2)c(O)c1. The number of benzene rings is 3. The van der Waals surface area contributed by atoms with Crippen molar-refractivity contribution in [2.45, 2.75) is 14.7 Å². The van der Waals surface area contributed by atoms with Gasteiger partial charge in [0.05, 0.1) is 35.0 Å². The summed E-state index contributed by atoms with van der Waals surface area (Å²) in [4.78, 5) is -0.928. The number of hydrogen-bond donors (Lipinski definition) is 5. The van der Waals surface area contributed by atoms with Crippen molar-refractivity contribution in [2.75, 3.05) is 17.8 Å². The zero-order valence-electron chi connectivity index (χ0n) is 20.7. The van der Waals surface area contributed by atoms with Crippen LogP contribution >= 0.6 is 12.0 Å². The molecule has 3 aromatic rings. The fourth-order valence-corrected chi connectivity index (χ4v) is 5.63. The molecule has 3 rings (SSSR count). The molecule has 0 aliphatic carbocycles. The molecule has 21 heteroatoms. The Morgan fingerprint density at radius 2 is 1.64 bits per heavy atom. The van der Waals surface area contributed by atoms with E-state index in [1.54, 1.807) is 30.3 Å². The molecule has 0 bridgehead atoms. The van der Waals surface area contributed by atoms with Crippen molar-refractivity contribution >= 4 is 59.6 Å². The first-order valence-corrected chi connectivity index (χ1v) is 16.1. The van der Waals surface area contributed by atoms with Crippen LogP contribution in [0.15, 0.2) is 96.7 Å². The molecule has 0 heterocycles. The predicted molar refractivity (Wildman–Crippen MR) is 146 cm³/mol. The highest BCUT2D eigenvalue weighted by Gasteiger charge is 2.19. The molecular weight excluding hydrogens is 645 g/mol. The smallest absolute Gasteiger partial charge is 0.397 e. The van der Waals surface area contributed by atoms with E-state index in [1.165, 1.54) is 12.1 Å². The van der Waals surface area contributed by atoms with E-state index in [0.29, 0.717) is 17.6 Å². The van der Waals surface area contributed by atoms with Crippen LogP contribution in [-0.4, -0.2) is 62.9 Å². The lowest BCUT2D eigenvalue weighted by atomic mass is 10.2. The molecule has 0 saturated carbocycles. The number of hydrazone groups is 1. The third-order valence-corrected chi connectivity index (χ3v) is 8.45. The van der Waals surface area contributed by atoms with Crippen molar-refractivity contribution in [2.24, 2.45) is 15.3 Å². The van der Waals surface area contributed by atoms with E-state index in [4.69, 9.17) is 9.81 Å². The first-order chi connectivity index (χ1) is 19.7. The van der Waals surface area contributed by atoms with Gasteiger partial charge in [0.15, 0.2) is 9.84 Å². The fourth-order valence-electron chi connectivity index (χ4n) is 3.00. The van der Waals surface area contributed by atoms with Crippen molar-refractivity contribution in [1.29, 1.82) is 0 Å². The summed E-state index contributed by atoms with van der Waals surface area (Å²) in [5.74, 6) is -1.52. The summed E-state index contributed by atoms with van der Waals surface area (Å²) < 4.78 is 96.3. The normalized spacial score (nSPS) is 13.0. The third kappa shape index (κ3) is 9.80. The summed E-state index contributed by atoms with van der Waals surface area (Å²) in [6.45, 7) is -0.858. The van der Waals surface area contributed by atoms with Crippen LogP contribution in [0.25, 0.3) is 0 Å². The Morgan fingerprint density at radius 3 is 2.26 bits per heavy atom. The van der Waals surface area contributed by atoms with E-state index in [2.05, 4.69) is 34.3 Å². The number of nitrogens with zero attached hydrogens (tertiary/aromatic N) is 3. The minimum atomic E-state index is -4.84. The standard InChI is InChI=1S/C21H20N4O13S4/c26-19-13-16(40(28,29)11-10-36-42(33,34)35)7-9-17(19)22-24-21(14-4-2-1-3-5-14)25-23-18-8-6-15(39-38-37-27)12-20(18)41(30,31)32/h1-9,12-13,22,26-27H,10-11H2,(H,30,31,32)(H,33,34,35). The van der Waals surface area contributed by atoms with Crippen molar-refractivity contribution < 1.29 is 58.3 Å². The third-order valence-electron chi connectivity index (χ3n) is 4.85. The lowest BCUT2D eigenvalue weighted by Gasteiger charge is -2.09. The molecule has 42 heavy (non-hydrogen) atoms. The van der Waals surface area contributed by atoms with Gasteiger partial charge in [-0.3, -0.25) is 14.5 Å². The summed E-state index contributed by atoms with van der Waals surface area (Å²) in [6.07, 6.45) is 0. The van der Waals surface area contributed by atoms with Crippen LogP contribution in [0.4, 0.5) is 11.4 Å². The summed E-state index contributed by atoms with van der Waals surface area (Å²) >= 11 is 0.439. The Hall–Kier alpha value is -3.51. The quantitative estimate of drug-likeness (QED) is 0.0257. The van der Waals surface area contributed by atoms with Crippen LogP contribution in [0, 0.1) is 0 Å². The topological polar surface area (TPSA) is 260 Å². The number of phenols is 1. The van der Waals surface area contributed by atoms with Gasteiger partial charge >= 0.3 is 10.4 Å². The van der Waals surface area contributed by atoms with Gasteiger partial charge in [-0.15, -0.1) is 14.6 Å². The number of anilines is 1. The average molecular weight is 665 g/mol. The average Bonchev–Trinajstić information content (AvgIpc) is 2.92. The second-order valence-electron chi connectivity index (χ2n) is 7.69. The van der Waals surface area contributed by atoms with Crippen molar-refractivity contribution in [1.82, 2.24) is 0 Å². The molecule has 0 aromatic heterocycles. The molecule has 0 aliphatic heterocycles. The molecule has 3 aromatic carbocycles. The molecule has 17 nitrogen and oxygen atoms in total. The Balaban J connectivity index is 1.91. The van der Waals surface area contributed by atoms with Gasteiger partial charge in [0.1, 0.15) is 16.3 Å². The minimum Gasteiger partial charge on any atom is -0.506 e. The summed E-state index contributed by atoms with van der Waals surface area (Å²) in [7, 11) is -13.7. The molecule has 0 amide bonds. The second-order valence-corrected chi connectivity index (χ2v) is 13.1. The fraction of sp³-hybridized carbons (Fsp3) is 0.0952. The van der Waals surface area contributed by atoms with Crippen LogP contribution in [0.3, 0.4) is 0 Å². The summed E-state index contributed by atoms with van der Waals surface area (Å²) in [5.41, 5.74) is 2.48. The van der Waals surface area contributed by atoms with Crippen LogP contribution in [-0.2, 0) is 43.9 Å². The van der Waals surface area contributed by atoms with E-state index < -0.39 is 53.4 Å². The van der Waals surface area contributed by atoms with Gasteiger partial charge in [0.25, 0.3) is 10.1 Å². The summed E-state index contributed by atoms with van der Waals surface area (Å²) in [6, 6.07) is 14.7. The van der Waals surface area contributed by atoms with Gasteiger partial charge in [-0.2, -0.15) is 21.9 Å². The largest absolute Gasteiger partial charge is 0.506 e. The van der Waals surface area contributed by atoms with Gasteiger partial charge in [-0.25, -0.2) is 17.9 Å². The highest BCUT2D eigenvalue weighted by Crippen LogP contribution is 2.31. The monoisotopic (exact) mass is 664 g/mol. The van der Waals surface area contributed by atoms with Crippen LogP contribution in [0.1, 0.15) is 5.56 Å². The maximum atomic E-state index is 12.4. The molecule has 0 saturated heterocycles. The molecule has 0 spiro atoms. The Kier molecular flexibility index (Phi) is 11.1. The first kappa shape index (κ1) is 33.0. The lowest BCUT2D eigenvalue weighted by Crippen LogP contribution is -2.15. The lowest BCUT2D eigenvalue weighted by molar-refractivity contribution is -0.432. The Labute approximate surface area is 243 Å². The van der Waals surface area contributed by atoms with Gasteiger partial charge in [-0.1, -0.05) is 35.4 Å². The predicted octanol–water partition coefficient (Wildman–Crippen LogP) is 3.22. The van der Waals surface area contributed by atoms with E-state index in [-0.39, 0.29) is 27.0 Å². The minimum absolute atomic E-state index is 0.0853. The molecule has 0 unspecified atom stereocenters. The number of azo groups is 1. The van der Waals surface area contributed by atoms with Gasteiger partial charge in [-0.05, 0) is 30.3 Å². The molecule has 0 aliphatic rings. The molecule has 0 atom stereocenters. The number of hydrogen-bond acceptors (Lipinski definition) is 15. The van der Waals surface area contributed by atoms with Crippen molar-refractivity contribution in [3.8, 4) is 5.75 Å². The highest BCUT2D eigenvalue weighted by molar-refractivity contribution is 7.94. The van der Waals surface area contributed by atoms with E-state index in [0.717, 1.165) is 24.3 Å².